The van der Waals surface area contributed by atoms with Crippen LogP contribution in [-0.4, -0.2) is 70.9 Å². The van der Waals surface area contributed by atoms with Gasteiger partial charge in [0.2, 0.25) is 11.8 Å². The molecule has 6 rings (SSSR count). The Kier molecular flexibility index (Phi) is 8.13. The van der Waals surface area contributed by atoms with Crippen LogP contribution in [0.25, 0.3) is 10.9 Å². The summed E-state index contributed by atoms with van der Waals surface area (Å²) in [4.78, 5) is 35.5. The smallest absolute Gasteiger partial charge is 0.245 e. The molecule has 2 aliphatic heterocycles. The highest BCUT2D eigenvalue weighted by Crippen LogP contribution is 2.44. The fourth-order valence-electron chi connectivity index (χ4n) is 7.58. The molecular formula is C33H42FN5O2. The molecule has 5 unspecified atom stereocenters. The van der Waals surface area contributed by atoms with E-state index in [9.17, 15) is 14.0 Å². The average molecular weight is 560 g/mol. The second-order valence-electron chi connectivity index (χ2n) is 12.2. The third kappa shape index (κ3) is 5.52. The minimum Gasteiger partial charge on any atom is -0.361 e. The van der Waals surface area contributed by atoms with Gasteiger partial charge in [0.25, 0.3) is 0 Å². The molecule has 3 aliphatic rings. The summed E-state index contributed by atoms with van der Waals surface area (Å²) in [7, 11) is 1.77. The van der Waals surface area contributed by atoms with Crippen molar-refractivity contribution in [2.45, 2.75) is 82.1 Å². The maximum atomic E-state index is 14.5. The maximum Gasteiger partial charge on any atom is 0.245 e. The van der Waals surface area contributed by atoms with Crippen LogP contribution in [0.1, 0.15) is 62.5 Å². The molecule has 3 N–H and O–H groups in total. The van der Waals surface area contributed by atoms with E-state index in [1.54, 1.807) is 13.1 Å². The van der Waals surface area contributed by atoms with E-state index < -0.39 is 6.04 Å². The topological polar surface area (TPSA) is 80.5 Å². The SMILES string of the molecule is CNC(C)C(=O)NC(C(=O)N1CCC2C1C(c1c[nH]c3cc(F)ccc13)CN2Cc1ccccc1)C1CCCCC1. The molecule has 0 bridgehead atoms. The predicted molar refractivity (Wildman–Crippen MR) is 159 cm³/mol. The van der Waals surface area contributed by atoms with Crippen molar-refractivity contribution >= 4 is 22.7 Å². The number of fused-ring (bicyclic) bond motifs is 2. The van der Waals surface area contributed by atoms with Gasteiger partial charge in [0.1, 0.15) is 11.9 Å². The van der Waals surface area contributed by atoms with Crippen LogP contribution in [0.15, 0.2) is 54.7 Å². The predicted octanol–water partition coefficient (Wildman–Crippen LogP) is 4.55. The number of aromatic amines is 1. The van der Waals surface area contributed by atoms with Gasteiger partial charge in [-0.2, -0.15) is 0 Å². The van der Waals surface area contributed by atoms with Crippen LogP contribution in [-0.2, 0) is 16.1 Å². The molecular weight excluding hydrogens is 517 g/mol. The molecule has 1 aromatic heterocycles. The summed E-state index contributed by atoms with van der Waals surface area (Å²) in [5.74, 6) is -0.105. The molecule has 3 fully saturated rings. The highest BCUT2D eigenvalue weighted by atomic mass is 19.1. The molecule has 2 aromatic carbocycles. The third-order valence-electron chi connectivity index (χ3n) is 9.83. The summed E-state index contributed by atoms with van der Waals surface area (Å²) in [6.45, 7) is 4.14. The Balaban J connectivity index is 1.34. The molecule has 41 heavy (non-hydrogen) atoms. The fourth-order valence-corrected chi connectivity index (χ4v) is 7.58. The summed E-state index contributed by atoms with van der Waals surface area (Å²) in [6, 6.07) is 14.7. The van der Waals surface area contributed by atoms with Crippen LogP contribution in [0.5, 0.6) is 0 Å². The van der Waals surface area contributed by atoms with E-state index in [-0.39, 0.29) is 47.6 Å². The van der Waals surface area contributed by atoms with Gasteiger partial charge >= 0.3 is 0 Å². The highest BCUT2D eigenvalue weighted by molar-refractivity contribution is 5.90. The van der Waals surface area contributed by atoms with Crippen LogP contribution in [0.3, 0.4) is 0 Å². The van der Waals surface area contributed by atoms with Crippen LogP contribution < -0.4 is 10.6 Å². The number of likely N-dealkylation sites (N-methyl/N-ethyl adjacent to an activating group) is 1. The molecule has 1 saturated carbocycles. The van der Waals surface area contributed by atoms with Crippen molar-refractivity contribution in [1.82, 2.24) is 25.4 Å². The first-order chi connectivity index (χ1) is 19.9. The Morgan fingerprint density at radius 1 is 1.07 bits per heavy atom. The number of hydrogen-bond acceptors (Lipinski definition) is 4. The van der Waals surface area contributed by atoms with Crippen molar-refractivity contribution in [3.05, 3.63) is 71.7 Å². The largest absolute Gasteiger partial charge is 0.361 e. The number of benzene rings is 2. The lowest BCUT2D eigenvalue weighted by atomic mass is 9.82. The number of halogens is 1. The second-order valence-corrected chi connectivity index (χ2v) is 12.2. The average Bonchev–Trinajstić information content (AvgIpc) is 3.71. The zero-order valence-electron chi connectivity index (χ0n) is 24.1. The molecule has 1 aliphatic carbocycles. The summed E-state index contributed by atoms with van der Waals surface area (Å²) in [5, 5.41) is 7.21. The Hall–Kier alpha value is -3.23. The molecule has 0 radical (unpaired) electrons. The van der Waals surface area contributed by atoms with Gasteiger partial charge in [0.15, 0.2) is 0 Å². The van der Waals surface area contributed by atoms with Gasteiger partial charge in [-0.25, -0.2) is 4.39 Å². The van der Waals surface area contributed by atoms with Crippen molar-refractivity contribution in [2.75, 3.05) is 20.1 Å². The van der Waals surface area contributed by atoms with Gasteiger partial charge in [0, 0.05) is 48.7 Å². The zero-order valence-corrected chi connectivity index (χ0v) is 24.1. The van der Waals surface area contributed by atoms with Crippen LogP contribution in [0, 0.1) is 11.7 Å². The molecule has 2 amide bonds. The summed E-state index contributed by atoms with van der Waals surface area (Å²) >= 11 is 0. The molecule has 3 aromatic rings. The van der Waals surface area contributed by atoms with Gasteiger partial charge in [-0.15, -0.1) is 0 Å². The van der Waals surface area contributed by atoms with E-state index in [1.807, 2.05) is 25.3 Å². The standard InChI is InChI=1S/C33H42FN5O2/c1-21(35-2)32(40)37-30(23-11-7-4-8-12-23)33(41)39-16-15-29-31(39)27(20-38(29)19-22-9-5-3-6-10-22)26-18-36-28-17-24(34)13-14-25(26)28/h3,5-6,9-10,13-14,17-18,21,23,27,29-31,35-36H,4,7-8,11-12,15-16,19-20H2,1-2H3,(H,37,40). The second kappa shape index (κ2) is 11.9. The Bertz CT molecular complexity index is 1370. The first-order valence-electron chi connectivity index (χ1n) is 15.3. The number of nitrogens with one attached hydrogen (secondary N) is 3. The van der Waals surface area contributed by atoms with Gasteiger partial charge in [-0.05, 0) is 68.5 Å². The minimum absolute atomic E-state index is 0.0139. The van der Waals surface area contributed by atoms with Gasteiger partial charge in [0.05, 0.1) is 12.1 Å². The number of likely N-dealkylation sites (tertiary alicyclic amines) is 2. The van der Waals surface area contributed by atoms with E-state index in [0.717, 1.165) is 61.7 Å². The number of carbonyl (C=O) groups is 2. The lowest BCUT2D eigenvalue weighted by Crippen LogP contribution is -2.57. The number of hydrogen-bond donors (Lipinski definition) is 3. The lowest BCUT2D eigenvalue weighted by Gasteiger charge is -2.36. The number of carbonyl (C=O) groups excluding carboxylic acids is 2. The van der Waals surface area contributed by atoms with E-state index >= 15 is 0 Å². The molecule has 5 atom stereocenters. The van der Waals surface area contributed by atoms with Gasteiger partial charge < -0.3 is 20.5 Å². The van der Waals surface area contributed by atoms with E-state index in [0.29, 0.717) is 6.54 Å². The van der Waals surface area contributed by atoms with E-state index in [2.05, 4.69) is 49.7 Å². The molecule has 7 nitrogen and oxygen atoms in total. The molecule has 2 saturated heterocycles. The zero-order chi connectivity index (χ0) is 28.5. The summed E-state index contributed by atoms with van der Waals surface area (Å²) in [6.07, 6.45) is 8.20. The van der Waals surface area contributed by atoms with Crippen LogP contribution in [0.4, 0.5) is 4.39 Å². The van der Waals surface area contributed by atoms with Crippen molar-refractivity contribution < 1.29 is 14.0 Å². The summed E-state index contributed by atoms with van der Waals surface area (Å²) in [5.41, 5.74) is 3.17. The first-order valence-corrected chi connectivity index (χ1v) is 15.3. The van der Waals surface area contributed by atoms with Crippen molar-refractivity contribution in [3.8, 4) is 0 Å². The van der Waals surface area contributed by atoms with Gasteiger partial charge in [-0.1, -0.05) is 49.6 Å². The van der Waals surface area contributed by atoms with Crippen molar-refractivity contribution in [2.24, 2.45) is 5.92 Å². The minimum atomic E-state index is -0.516. The van der Waals surface area contributed by atoms with E-state index in [4.69, 9.17) is 0 Å². The lowest BCUT2D eigenvalue weighted by molar-refractivity contribution is -0.139. The Morgan fingerprint density at radius 3 is 2.61 bits per heavy atom. The molecule has 8 heteroatoms. The highest BCUT2D eigenvalue weighted by Gasteiger charge is 2.52. The third-order valence-corrected chi connectivity index (χ3v) is 9.83. The number of aromatic nitrogens is 1. The molecule has 3 heterocycles. The summed E-state index contributed by atoms with van der Waals surface area (Å²) < 4.78 is 14.0. The molecule has 218 valence electrons. The van der Waals surface area contributed by atoms with E-state index in [1.165, 1.54) is 18.1 Å². The normalized spacial score (nSPS) is 24.9. The molecule has 0 spiro atoms. The number of amides is 2. The maximum absolute atomic E-state index is 14.5. The van der Waals surface area contributed by atoms with Crippen molar-refractivity contribution in [3.63, 3.8) is 0 Å². The van der Waals surface area contributed by atoms with Gasteiger partial charge in [-0.3, -0.25) is 14.5 Å². The Labute approximate surface area is 241 Å². The monoisotopic (exact) mass is 559 g/mol. The number of H-pyrrole nitrogens is 1. The number of nitrogens with zero attached hydrogens (tertiary/aromatic N) is 2. The quantitative estimate of drug-likeness (QED) is 0.378. The van der Waals surface area contributed by atoms with Crippen LogP contribution in [0.2, 0.25) is 0 Å². The first kappa shape index (κ1) is 27.9. The fraction of sp³-hybridized carbons (Fsp3) is 0.515. The number of rotatable bonds is 8. The van der Waals surface area contributed by atoms with Crippen LogP contribution >= 0.6 is 0 Å². The van der Waals surface area contributed by atoms with Crippen molar-refractivity contribution in [1.29, 1.82) is 0 Å². The Morgan fingerprint density at radius 2 is 1.85 bits per heavy atom.